The lowest BCUT2D eigenvalue weighted by Crippen LogP contribution is -2.08. The van der Waals surface area contributed by atoms with Gasteiger partial charge in [-0.25, -0.2) is 4.98 Å². The van der Waals surface area contributed by atoms with Gasteiger partial charge in [-0.3, -0.25) is 9.00 Å². The van der Waals surface area contributed by atoms with E-state index in [0.29, 0.717) is 47.5 Å². The summed E-state index contributed by atoms with van der Waals surface area (Å²) in [5, 5.41) is 2.74. The van der Waals surface area contributed by atoms with E-state index < -0.39 is 23.3 Å². The lowest BCUT2D eigenvalue weighted by Gasteiger charge is -2.11. The van der Waals surface area contributed by atoms with Gasteiger partial charge < -0.3 is 24.1 Å². The largest absolute Gasteiger partial charge is 0.491 e. The molecular formula is C35H39F2N3O5S. The summed E-state index contributed by atoms with van der Waals surface area (Å²) in [6.45, 7) is 3.63. The number of carbonyl (C=O) groups excluding carboxylic acids is 1. The number of halogens is 2. The number of aromatic nitrogens is 2. The predicted molar refractivity (Wildman–Crippen MR) is 176 cm³/mol. The molecule has 1 atom stereocenters. The molecule has 4 aromatic rings. The molecule has 0 bridgehead atoms. The Hall–Kier alpha value is -4.35. The SMILES string of the molecule is CCCCOCCOc1ccc(-c2ccc(OC(F)F)c(/C=C/C(=O)Nc3ccc([S@@](=O)Cc4cncn4CCC)cc3)c2)cc1. The lowest BCUT2D eigenvalue weighted by molar-refractivity contribution is -0.111. The van der Waals surface area contributed by atoms with Crippen molar-refractivity contribution in [1.29, 1.82) is 0 Å². The number of rotatable bonds is 18. The minimum Gasteiger partial charge on any atom is -0.491 e. The van der Waals surface area contributed by atoms with Gasteiger partial charge in [0.05, 0.1) is 35.2 Å². The number of carbonyl (C=O) groups is 1. The van der Waals surface area contributed by atoms with Gasteiger partial charge in [0, 0.05) is 41.6 Å². The molecule has 244 valence electrons. The van der Waals surface area contributed by atoms with Crippen LogP contribution in [0.25, 0.3) is 17.2 Å². The van der Waals surface area contributed by atoms with Gasteiger partial charge in [0.2, 0.25) is 5.91 Å². The van der Waals surface area contributed by atoms with Crippen molar-refractivity contribution >= 4 is 28.5 Å². The van der Waals surface area contributed by atoms with E-state index in [-0.39, 0.29) is 5.75 Å². The number of amides is 1. The summed E-state index contributed by atoms with van der Waals surface area (Å²) >= 11 is 0. The molecule has 0 radical (unpaired) electrons. The highest BCUT2D eigenvalue weighted by Crippen LogP contribution is 2.30. The van der Waals surface area contributed by atoms with E-state index in [9.17, 15) is 17.8 Å². The molecule has 0 aliphatic carbocycles. The van der Waals surface area contributed by atoms with E-state index in [2.05, 4.69) is 24.1 Å². The number of benzene rings is 3. The summed E-state index contributed by atoms with van der Waals surface area (Å²) in [6.07, 6.45) is 9.18. The first-order chi connectivity index (χ1) is 22.4. The predicted octanol–water partition coefficient (Wildman–Crippen LogP) is 7.72. The average Bonchev–Trinajstić information content (AvgIpc) is 3.49. The third-order valence-corrected chi connectivity index (χ3v) is 8.25. The fraction of sp³-hybridized carbons (Fsp3) is 0.314. The molecule has 1 amide bonds. The van der Waals surface area contributed by atoms with Crippen LogP contribution in [0.5, 0.6) is 11.5 Å². The molecule has 0 aliphatic heterocycles. The van der Waals surface area contributed by atoms with Crippen LogP contribution in [0, 0.1) is 0 Å². The molecule has 46 heavy (non-hydrogen) atoms. The van der Waals surface area contributed by atoms with E-state index in [0.717, 1.165) is 42.6 Å². The van der Waals surface area contributed by atoms with Crippen LogP contribution >= 0.6 is 0 Å². The van der Waals surface area contributed by atoms with Gasteiger partial charge in [0.15, 0.2) is 0 Å². The van der Waals surface area contributed by atoms with E-state index in [4.69, 9.17) is 14.2 Å². The van der Waals surface area contributed by atoms with Crippen LogP contribution in [0.2, 0.25) is 0 Å². The van der Waals surface area contributed by atoms with Crippen molar-refractivity contribution < 1.29 is 32.0 Å². The van der Waals surface area contributed by atoms with Crippen LogP contribution in [0.4, 0.5) is 14.5 Å². The summed E-state index contributed by atoms with van der Waals surface area (Å²) in [7, 11) is -1.28. The second kappa shape index (κ2) is 18.0. The van der Waals surface area contributed by atoms with Crippen molar-refractivity contribution in [3.05, 3.63) is 96.6 Å². The number of unbranched alkanes of at least 4 members (excludes halogenated alkanes) is 1. The Kier molecular flexibility index (Phi) is 13.5. The third kappa shape index (κ3) is 10.6. The fourth-order valence-electron chi connectivity index (χ4n) is 4.54. The Morgan fingerprint density at radius 3 is 2.46 bits per heavy atom. The normalized spacial score (nSPS) is 12.0. The molecule has 4 rings (SSSR count). The zero-order chi connectivity index (χ0) is 32.7. The van der Waals surface area contributed by atoms with Crippen LogP contribution in [0.1, 0.15) is 44.4 Å². The molecule has 0 unspecified atom stereocenters. The summed E-state index contributed by atoms with van der Waals surface area (Å²) in [6, 6.07) is 18.9. The molecule has 0 saturated heterocycles. The fourth-order valence-corrected chi connectivity index (χ4v) is 5.66. The van der Waals surface area contributed by atoms with Crippen LogP contribution in [-0.2, 0) is 32.6 Å². The summed E-state index contributed by atoms with van der Waals surface area (Å²) in [5.41, 5.74) is 3.29. The molecular weight excluding hydrogens is 612 g/mol. The number of alkyl halides is 2. The van der Waals surface area contributed by atoms with Crippen molar-refractivity contribution in [3.8, 4) is 22.6 Å². The molecule has 11 heteroatoms. The Labute approximate surface area is 270 Å². The first-order valence-corrected chi connectivity index (χ1v) is 16.5. The Morgan fingerprint density at radius 2 is 1.74 bits per heavy atom. The van der Waals surface area contributed by atoms with Crippen molar-refractivity contribution in [2.24, 2.45) is 0 Å². The van der Waals surface area contributed by atoms with Crippen molar-refractivity contribution in [3.63, 3.8) is 0 Å². The summed E-state index contributed by atoms with van der Waals surface area (Å²) < 4.78 is 57.1. The zero-order valence-corrected chi connectivity index (χ0v) is 26.8. The summed E-state index contributed by atoms with van der Waals surface area (Å²) in [4.78, 5) is 17.5. The van der Waals surface area contributed by atoms with Crippen molar-refractivity contribution in [1.82, 2.24) is 9.55 Å². The molecule has 8 nitrogen and oxygen atoms in total. The van der Waals surface area contributed by atoms with Gasteiger partial charge in [-0.15, -0.1) is 0 Å². The van der Waals surface area contributed by atoms with Gasteiger partial charge in [-0.1, -0.05) is 38.5 Å². The zero-order valence-electron chi connectivity index (χ0n) is 26.0. The molecule has 1 N–H and O–H groups in total. The quantitative estimate of drug-likeness (QED) is 0.0875. The summed E-state index contributed by atoms with van der Waals surface area (Å²) in [5.74, 6) is 0.503. The van der Waals surface area contributed by atoms with Gasteiger partial charge in [-0.05, 0) is 78.6 Å². The highest BCUT2D eigenvalue weighted by Gasteiger charge is 2.12. The number of nitrogens with zero attached hydrogens (tertiary/aromatic N) is 2. The number of nitrogens with one attached hydrogen (secondary N) is 1. The molecule has 3 aromatic carbocycles. The average molecular weight is 652 g/mol. The molecule has 1 heterocycles. The van der Waals surface area contributed by atoms with Gasteiger partial charge in [0.1, 0.15) is 18.1 Å². The second-order valence-electron chi connectivity index (χ2n) is 10.4. The monoisotopic (exact) mass is 651 g/mol. The molecule has 0 saturated carbocycles. The number of ether oxygens (including phenoxy) is 3. The smallest absolute Gasteiger partial charge is 0.387 e. The second-order valence-corrected chi connectivity index (χ2v) is 11.8. The lowest BCUT2D eigenvalue weighted by atomic mass is 10.0. The molecule has 0 fully saturated rings. The maximum atomic E-state index is 13.1. The van der Waals surface area contributed by atoms with E-state index >= 15 is 0 Å². The van der Waals surface area contributed by atoms with E-state index in [1.807, 2.05) is 28.8 Å². The third-order valence-electron chi connectivity index (χ3n) is 6.89. The molecule has 0 spiro atoms. The van der Waals surface area contributed by atoms with Gasteiger partial charge in [0.25, 0.3) is 0 Å². The molecule has 0 aliphatic rings. The Balaban J connectivity index is 1.38. The van der Waals surface area contributed by atoms with Gasteiger partial charge in [-0.2, -0.15) is 8.78 Å². The van der Waals surface area contributed by atoms with E-state index in [1.165, 1.54) is 18.2 Å². The standard InChI is InChI=1S/C35H39F2N3O5S/c1-3-5-19-43-20-21-44-31-12-6-26(7-13-31)27-8-16-33(45-35(36)37)28(22-27)9-17-34(41)39-29-10-14-32(15-11-29)46(42)24-30-23-38-25-40(30)18-4-2/h6-17,22-23,25,35H,3-5,18-21,24H2,1-2H3,(H,39,41)/b17-9+/t46-/m0/s1. The van der Waals surface area contributed by atoms with Crippen molar-refractivity contribution in [2.45, 2.75) is 56.9 Å². The topological polar surface area (TPSA) is 91.7 Å². The highest BCUT2D eigenvalue weighted by atomic mass is 32.2. The number of aryl methyl sites for hydroxylation is 1. The van der Waals surface area contributed by atoms with Crippen LogP contribution < -0.4 is 14.8 Å². The first-order valence-electron chi connectivity index (χ1n) is 15.2. The van der Waals surface area contributed by atoms with E-state index in [1.54, 1.807) is 48.9 Å². The maximum absolute atomic E-state index is 13.1. The minimum absolute atomic E-state index is 0.0575. The van der Waals surface area contributed by atoms with Crippen molar-refractivity contribution in [2.75, 3.05) is 25.1 Å². The number of hydrogen-bond acceptors (Lipinski definition) is 6. The van der Waals surface area contributed by atoms with Crippen LogP contribution in [0.3, 0.4) is 0 Å². The number of anilines is 1. The Bertz CT molecular complexity index is 1590. The maximum Gasteiger partial charge on any atom is 0.387 e. The first kappa shape index (κ1) is 34.5. The van der Waals surface area contributed by atoms with Gasteiger partial charge >= 0.3 is 6.61 Å². The number of hydrogen-bond donors (Lipinski definition) is 1. The van der Waals surface area contributed by atoms with Crippen LogP contribution in [-0.4, -0.2) is 46.1 Å². The molecule has 1 aromatic heterocycles. The number of imidazole rings is 1. The minimum atomic E-state index is -3.02. The van der Waals surface area contributed by atoms with Crippen LogP contribution in [0.15, 0.2) is 90.2 Å². The Morgan fingerprint density at radius 1 is 0.978 bits per heavy atom. The highest BCUT2D eigenvalue weighted by molar-refractivity contribution is 7.84.